The monoisotopic (exact) mass is 379 g/mol. The molecule has 0 aromatic heterocycles. The van der Waals surface area contributed by atoms with Gasteiger partial charge < -0.3 is 19.7 Å². The Morgan fingerprint density at radius 3 is 2.57 bits per heavy atom. The Morgan fingerprint density at radius 1 is 1.18 bits per heavy atom. The van der Waals surface area contributed by atoms with Gasteiger partial charge >= 0.3 is 5.97 Å². The summed E-state index contributed by atoms with van der Waals surface area (Å²) in [7, 11) is 0. The summed E-state index contributed by atoms with van der Waals surface area (Å²) in [5.74, 6) is -1.08. The highest BCUT2D eigenvalue weighted by Gasteiger charge is 2.19. The molecule has 1 N–H and O–H groups in total. The number of carbonyl (C=O) groups is 2. The second kappa shape index (κ2) is 9.02. The van der Waals surface area contributed by atoms with Crippen LogP contribution in [0, 0.1) is 11.3 Å². The fourth-order valence-corrected chi connectivity index (χ4v) is 2.82. The van der Waals surface area contributed by atoms with Crippen molar-refractivity contribution >= 4 is 23.3 Å². The Labute approximate surface area is 163 Å². The Morgan fingerprint density at radius 2 is 1.89 bits per heavy atom. The lowest BCUT2D eigenvalue weighted by Crippen LogP contribution is -2.36. The molecule has 1 aliphatic rings. The maximum absolute atomic E-state index is 12.3. The van der Waals surface area contributed by atoms with Crippen LogP contribution in [-0.4, -0.2) is 44.3 Å². The highest BCUT2D eigenvalue weighted by atomic mass is 16.5. The van der Waals surface area contributed by atoms with Gasteiger partial charge in [-0.1, -0.05) is 6.07 Å². The second-order valence-electron chi connectivity index (χ2n) is 6.38. The molecule has 0 aliphatic carbocycles. The van der Waals surface area contributed by atoms with E-state index in [4.69, 9.17) is 14.7 Å². The molecule has 0 spiro atoms. The van der Waals surface area contributed by atoms with E-state index in [1.54, 1.807) is 12.1 Å². The van der Waals surface area contributed by atoms with Gasteiger partial charge in [-0.15, -0.1) is 0 Å². The van der Waals surface area contributed by atoms with E-state index in [9.17, 15) is 9.59 Å². The molecule has 2 aromatic carbocycles. The van der Waals surface area contributed by atoms with Gasteiger partial charge in [0.15, 0.2) is 6.10 Å². The van der Waals surface area contributed by atoms with Gasteiger partial charge in [-0.2, -0.15) is 5.26 Å². The van der Waals surface area contributed by atoms with Crippen LogP contribution in [0.25, 0.3) is 0 Å². The molecule has 144 valence electrons. The van der Waals surface area contributed by atoms with Crippen molar-refractivity contribution in [1.29, 1.82) is 5.26 Å². The summed E-state index contributed by atoms with van der Waals surface area (Å²) in [4.78, 5) is 26.7. The molecule has 1 unspecified atom stereocenters. The molecule has 1 fully saturated rings. The fraction of sp³-hybridized carbons (Fsp3) is 0.286. The van der Waals surface area contributed by atoms with Crippen molar-refractivity contribution in [2.24, 2.45) is 0 Å². The largest absolute Gasteiger partial charge is 0.449 e. The molecule has 2 aromatic rings. The van der Waals surface area contributed by atoms with Crippen LogP contribution in [0.2, 0.25) is 0 Å². The number of rotatable bonds is 5. The Bertz CT molecular complexity index is 883. The molecule has 1 amide bonds. The van der Waals surface area contributed by atoms with Crippen LogP contribution < -0.4 is 10.2 Å². The van der Waals surface area contributed by atoms with Crippen LogP contribution >= 0.6 is 0 Å². The number of esters is 1. The van der Waals surface area contributed by atoms with Crippen LogP contribution in [0.1, 0.15) is 22.8 Å². The third kappa shape index (κ3) is 4.87. The average molecular weight is 379 g/mol. The molecule has 0 radical (unpaired) electrons. The molecule has 3 rings (SSSR count). The first kappa shape index (κ1) is 19.4. The van der Waals surface area contributed by atoms with E-state index >= 15 is 0 Å². The first-order chi connectivity index (χ1) is 13.6. The fourth-order valence-electron chi connectivity index (χ4n) is 2.82. The second-order valence-corrected chi connectivity index (χ2v) is 6.38. The zero-order valence-corrected chi connectivity index (χ0v) is 15.6. The van der Waals surface area contributed by atoms with E-state index in [-0.39, 0.29) is 5.56 Å². The van der Waals surface area contributed by atoms with Crippen molar-refractivity contribution < 1.29 is 19.1 Å². The smallest absolute Gasteiger partial charge is 0.338 e. The molecule has 1 heterocycles. The summed E-state index contributed by atoms with van der Waals surface area (Å²) in [5, 5.41) is 11.6. The van der Waals surface area contributed by atoms with Gasteiger partial charge in [0.2, 0.25) is 0 Å². The predicted octanol–water partition coefficient (Wildman–Crippen LogP) is 2.58. The number of amides is 1. The Balaban J connectivity index is 1.56. The summed E-state index contributed by atoms with van der Waals surface area (Å²) in [5.41, 5.74) is 2.27. The minimum Gasteiger partial charge on any atom is -0.449 e. The first-order valence-electron chi connectivity index (χ1n) is 9.01. The van der Waals surface area contributed by atoms with Gasteiger partial charge in [0.1, 0.15) is 0 Å². The molecule has 0 bridgehead atoms. The number of nitrogens with zero attached hydrogens (tertiary/aromatic N) is 2. The maximum atomic E-state index is 12.3. The highest BCUT2D eigenvalue weighted by Crippen LogP contribution is 2.19. The molecule has 1 atom stereocenters. The van der Waals surface area contributed by atoms with Gasteiger partial charge in [0, 0.05) is 24.5 Å². The third-order valence-electron chi connectivity index (χ3n) is 4.39. The zero-order valence-electron chi connectivity index (χ0n) is 15.6. The minimum atomic E-state index is -0.975. The molecular weight excluding hydrogens is 358 g/mol. The van der Waals surface area contributed by atoms with Crippen LogP contribution in [0.3, 0.4) is 0 Å². The predicted molar refractivity (Wildman–Crippen MR) is 104 cm³/mol. The average Bonchev–Trinajstić information content (AvgIpc) is 2.74. The van der Waals surface area contributed by atoms with Gasteiger partial charge in [0.25, 0.3) is 5.91 Å². The molecule has 7 heteroatoms. The van der Waals surface area contributed by atoms with E-state index in [1.165, 1.54) is 19.1 Å². The lowest BCUT2D eigenvalue weighted by molar-refractivity contribution is -0.123. The number of carbonyl (C=O) groups excluding carboxylic acids is 2. The van der Waals surface area contributed by atoms with E-state index in [1.807, 2.05) is 30.3 Å². The molecule has 0 saturated carbocycles. The Hall–Kier alpha value is -3.37. The van der Waals surface area contributed by atoms with Crippen molar-refractivity contribution in [2.45, 2.75) is 13.0 Å². The van der Waals surface area contributed by atoms with Gasteiger partial charge in [-0.25, -0.2) is 4.79 Å². The quantitative estimate of drug-likeness (QED) is 0.803. The normalized spacial score (nSPS) is 14.6. The van der Waals surface area contributed by atoms with Gasteiger partial charge in [0.05, 0.1) is 30.4 Å². The van der Waals surface area contributed by atoms with Crippen LogP contribution in [0.4, 0.5) is 11.4 Å². The molecule has 7 nitrogen and oxygen atoms in total. The maximum Gasteiger partial charge on any atom is 0.338 e. The van der Waals surface area contributed by atoms with E-state index in [0.717, 1.165) is 18.8 Å². The minimum absolute atomic E-state index is 0.230. The number of morpholine rings is 1. The van der Waals surface area contributed by atoms with Crippen molar-refractivity contribution in [1.82, 2.24) is 0 Å². The SMILES string of the molecule is CC(OC(=O)c1cccc(C#N)c1)C(=O)Nc1ccc(N2CCOCC2)cc1. The molecular formula is C21H21N3O4. The van der Waals surface area contributed by atoms with E-state index < -0.39 is 18.0 Å². The number of anilines is 2. The van der Waals surface area contributed by atoms with Gasteiger partial charge in [-0.05, 0) is 49.4 Å². The number of nitriles is 1. The van der Waals surface area contributed by atoms with Crippen LogP contribution in [0.5, 0.6) is 0 Å². The zero-order chi connectivity index (χ0) is 19.9. The number of nitrogens with one attached hydrogen (secondary N) is 1. The number of benzene rings is 2. The topological polar surface area (TPSA) is 91.7 Å². The summed E-state index contributed by atoms with van der Waals surface area (Å²) in [6, 6.07) is 15.6. The van der Waals surface area contributed by atoms with Crippen LogP contribution in [0.15, 0.2) is 48.5 Å². The third-order valence-corrected chi connectivity index (χ3v) is 4.39. The summed E-state index contributed by atoms with van der Waals surface area (Å²) in [6.45, 7) is 4.60. The van der Waals surface area contributed by atoms with Crippen molar-refractivity contribution in [2.75, 3.05) is 36.5 Å². The molecule has 28 heavy (non-hydrogen) atoms. The standard InChI is InChI=1S/C21H21N3O4/c1-15(28-21(26)17-4-2-3-16(13-17)14-22)20(25)23-18-5-7-19(8-6-18)24-9-11-27-12-10-24/h2-8,13,15H,9-12H2,1H3,(H,23,25). The number of ether oxygens (including phenoxy) is 2. The Kier molecular flexibility index (Phi) is 6.25. The summed E-state index contributed by atoms with van der Waals surface area (Å²) >= 11 is 0. The van der Waals surface area contributed by atoms with Crippen molar-refractivity contribution in [3.8, 4) is 6.07 Å². The molecule has 1 aliphatic heterocycles. The van der Waals surface area contributed by atoms with E-state index in [2.05, 4.69) is 10.2 Å². The number of hydrogen-bond donors (Lipinski definition) is 1. The highest BCUT2D eigenvalue weighted by molar-refractivity contribution is 5.97. The van der Waals surface area contributed by atoms with Crippen molar-refractivity contribution in [3.63, 3.8) is 0 Å². The summed E-state index contributed by atoms with van der Waals surface area (Å²) < 4.78 is 10.6. The lowest BCUT2D eigenvalue weighted by Gasteiger charge is -2.28. The first-order valence-corrected chi connectivity index (χ1v) is 9.01. The van der Waals surface area contributed by atoms with Crippen LogP contribution in [-0.2, 0) is 14.3 Å². The van der Waals surface area contributed by atoms with Gasteiger partial charge in [-0.3, -0.25) is 4.79 Å². The number of hydrogen-bond acceptors (Lipinski definition) is 6. The molecule has 1 saturated heterocycles. The van der Waals surface area contributed by atoms with Crippen molar-refractivity contribution in [3.05, 3.63) is 59.7 Å². The summed E-state index contributed by atoms with van der Waals surface area (Å²) in [6.07, 6.45) is -0.975. The lowest BCUT2D eigenvalue weighted by atomic mass is 10.1. The van der Waals surface area contributed by atoms with E-state index in [0.29, 0.717) is 24.5 Å².